The molecule has 0 spiro atoms. The van der Waals surface area contributed by atoms with Gasteiger partial charge in [0.25, 0.3) is 0 Å². The predicted molar refractivity (Wildman–Crippen MR) is 58.1 cm³/mol. The van der Waals surface area contributed by atoms with Crippen molar-refractivity contribution in [2.75, 3.05) is 7.11 Å². The molecule has 1 nitrogen and oxygen atoms in total. The Bertz CT molecular complexity index is 96.0. The van der Waals surface area contributed by atoms with Crippen LogP contribution < -0.4 is 0 Å². The smallest absolute Gasteiger partial charge is 0.189 e. The van der Waals surface area contributed by atoms with Crippen molar-refractivity contribution in [2.45, 2.75) is 58.2 Å². The van der Waals surface area contributed by atoms with Gasteiger partial charge in [-0.1, -0.05) is 39.5 Å². The molecular formula is C10H24OSi. The first-order chi connectivity index (χ1) is 5.68. The molecule has 0 aliphatic heterocycles. The molecular weight excluding hydrogens is 164 g/mol. The molecule has 0 heterocycles. The lowest BCUT2D eigenvalue weighted by molar-refractivity contribution is 0.392. The number of hydrogen-bond acceptors (Lipinski definition) is 1. The van der Waals surface area contributed by atoms with E-state index >= 15 is 0 Å². The first kappa shape index (κ1) is 12.2. The Balaban J connectivity index is 3.70. The van der Waals surface area contributed by atoms with E-state index in [0.29, 0.717) is 0 Å². The Morgan fingerprint density at radius 3 is 1.67 bits per heavy atom. The summed E-state index contributed by atoms with van der Waals surface area (Å²) in [6.07, 6.45) is 5.30. The maximum absolute atomic E-state index is 5.68. The van der Waals surface area contributed by atoms with E-state index < -0.39 is 8.32 Å². The molecule has 0 saturated heterocycles. The highest BCUT2D eigenvalue weighted by molar-refractivity contribution is 6.72. The van der Waals surface area contributed by atoms with Gasteiger partial charge in [-0.05, 0) is 18.6 Å². The predicted octanol–water partition coefficient (Wildman–Crippen LogP) is 3.81. The fourth-order valence-electron chi connectivity index (χ4n) is 1.43. The fraction of sp³-hybridized carbons (Fsp3) is 1.00. The zero-order valence-corrected chi connectivity index (χ0v) is 10.2. The van der Waals surface area contributed by atoms with Crippen molar-refractivity contribution in [3.8, 4) is 0 Å². The second-order valence-electron chi connectivity index (χ2n) is 3.86. The van der Waals surface area contributed by atoms with Gasteiger partial charge in [0, 0.05) is 7.11 Å². The third-order valence-corrected chi connectivity index (χ3v) is 6.42. The minimum absolute atomic E-state index is 1.27. The molecule has 0 aliphatic rings. The summed E-state index contributed by atoms with van der Waals surface area (Å²) in [4.78, 5) is 0. The maximum Gasteiger partial charge on any atom is 0.189 e. The zero-order chi connectivity index (χ0) is 9.45. The van der Waals surface area contributed by atoms with Crippen LogP contribution in [0.3, 0.4) is 0 Å². The van der Waals surface area contributed by atoms with E-state index in [4.69, 9.17) is 4.43 Å². The van der Waals surface area contributed by atoms with Gasteiger partial charge >= 0.3 is 0 Å². The SMILES string of the molecule is CCCC[Si](C)(CCCC)OC. The quantitative estimate of drug-likeness (QED) is 0.552. The summed E-state index contributed by atoms with van der Waals surface area (Å²) >= 11 is 0. The van der Waals surface area contributed by atoms with Crippen molar-refractivity contribution in [2.24, 2.45) is 0 Å². The highest BCUT2D eigenvalue weighted by Crippen LogP contribution is 2.21. The van der Waals surface area contributed by atoms with Gasteiger partial charge in [-0.25, -0.2) is 0 Å². The first-order valence-corrected chi connectivity index (χ1v) is 8.06. The van der Waals surface area contributed by atoms with Crippen LogP contribution >= 0.6 is 0 Å². The Morgan fingerprint density at radius 2 is 1.42 bits per heavy atom. The van der Waals surface area contributed by atoms with Crippen LogP contribution in [0.2, 0.25) is 18.6 Å². The second kappa shape index (κ2) is 6.67. The summed E-state index contributed by atoms with van der Waals surface area (Å²) in [5, 5.41) is 0. The van der Waals surface area contributed by atoms with Crippen molar-refractivity contribution < 1.29 is 4.43 Å². The molecule has 0 aliphatic carbocycles. The van der Waals surface area contributed by atoms with Crippen molar-refractivity contribution >= 4 is 8.32 Å². The fourth-order valence-corrected chi connectivity index (χ4v) is 4.29. The van der Waals surface area contributed by atoms with Gasteiger partial charge < -0.3 is 4.43 Å². The van der Waals surface area contributed by atoms with Crippen molar-refractivity contribution in [3.05, 3.63) is 0 Å². The van der Waals surface area contributed by atoms with Crippen LogP contribution in [0.25, 0.3) is 0 Å². The molecule has 0 fully saturated rings. The molecule has 0 atom stereocenters. The second-order valence-corrected chi connectivity index (χ2v) is 8.17. The Kier molecular flexibility index (Phi) is 6.77. The third-order valence-electron chi connectivity index (χ3n) is 2.61. The van der Waals surface area contributed by atoms with E-state index in [-0.39, 0.29) is 0 Å². The lowest BCUT2D eigenvalue weighted by Crippen LogP contribution is -2.32. The van der Waals surface area contributed by atoms with Crippen LogP contribution in [0.4, 0.5) is 0 Å². The molecule has 0 aromatic rings. The number of unbranched alkanes of at least 4 members (excludes halogenated alkanes) is 2. The molecule has 0 radical (unpaired) electrons. The molecule has 0 saturated carbocycles. The summed E-state index contributed by atoms with van der Waals surface area (Å²) in [6.45, 7) is 6.88. The van der Waals surface area contributed by atoms with Crippen LogP contribution in [0.5, 0.6) is 0 Å². The lowest BCUT2D eigenvalue weighted by atomic mass is 10.4. The Labute approximate surface area is 78.6 Å². The van der Waals surface area contributed by atoms with E-state index in [2.05, 4.69) is 20.4 Å². The van der Waals surface area contributed by atoms with Crippen LogP contribution in [-0.2, 0) is 4.43 Å². The van der Waals surface area contributed by atoms with E-state index in [0.717, 1.165) is 0 Å². The van der Waals surface area contributed by atoms with Gasteiger partial charge in [0.1, 0.15) is 0 Å². The summed E-state index contributed by atoms with van der Waals surface area (Å²) in [5.41, 5.74) is 0. The van der Waals surface area contributed by atoms with Crippen molar-refractivity contribution in [1.29, 1.82) is 0 Å². The first-order valence-electron chi connectivity index (χ1n) is 5.23. The average molecular weight is 188 g/mol. The van der Waals surface area contributed by atoms with Crippen LogP contribution in [-0.4, -0.2) is 15.4 Å². The molecule has 0 N–H and O–H groups in total. The van der Waals surface area contributed by atoms with Gasteiger partial charge in [-0.15, -0.1) is 0 Å². The van der Waals surface area contributed by atoms with Gasteiger partial charge in [0.05, 0.1) is 0 Å². The van der Waals surface area contributed by atoms with Crippen LogP contribution in [0.1, 0.15) is 39.5 Å². The third kappa shape index (κ3) is 4.94. The van der Waals surface area contributed by atoms with E-state index in [1.807, 2.05) is 7.11 Å². The molecule has 0 unspecified atom stereocenters. The summed E-state index contributed by atoms with van der Waals surface area (Å²) in [6, 6.07) is 2.69. The summed E-state index contributed by atoms with van der Waals surface area (Å²) < 4.78 is 5.68. The minimum atomic E-state index is -1.27. The molecule has 0 aromatic heterocycles. The molecule has 12 heavy (non-hydrogen) atoms. The molecule has 0 aromatic carbocycles. The highest BCUT2D eigenvalue weighted by atomic mass is 28.4. The van der Waals surface area contributed by atoms with Gasteiger partial charge in [0.2, 0.25) is 0 Å². The van der Waals surface area contributed by atoms with E-state index in [1.54, 1.807) is 0 Å². The van der Waals surface area contributed by atoms with Gasteiger partial charge in [0.15, 0.2) is 8.32 Å². The molecule has 0 amide bonds. The average Bonchev–Trinajstić information content (AvgIpc) is 2.11. The maximum atomic E-state index is 5.68. The molecule has 2 heteroatoms. The molecule has 0 bridgehead atoms. The van der Waals surface area contributed by atoms with Gasteiger partial charge in [-0.2, -0.15) is 0 Å². The van der Waals surface area contributed by atoms with Crippen LogP contribution in [0.15, 0.2) is 0 Å². The lowest BCUT2D eigenvalue weighted by Gasteiger charge is -2.24. The van der Waals surface area contributed by atoms with Gasteiger partial charge in [-0.3, -0.25) is 0 Å². The minimum Gasteiger partial charge on any atom is -0.420 e. The van der Waals surface area contributed by atoms with Crippen LogP contribution in [0, 0.1) is 0 Å². The number of hydrogen-bond donors (Lipinski definition) is 0. The van der Waals surface area contributed by atoms with E-state index in [1.165, 1.54) is 37.8 Å². The standard InChI is InChI=1S/C10H24OSi/c1-5-7-9-12(4,11-3)10-8-6-2/h5-10H2,1-4H3. The van der Waals surface area contributed by atoms with Crippen molar-refractivity contribution in [1.82, 2.24) is 0 Å². The zero-order valence-electron chi connectivity index (χ0n) is 9.15. The normalized spacial score (nSPS) is 12.0. The monoisotopic (exact) mass is 188 g/mol. The number of rotatable bonds is 7. The Morgan fingerprint density at radius 1 is 1.00 bits per heavy atom. The van der Waals surface area contributed by atoms with E-state index in [9.17, 15) is 0 Å². The highest BCUT2D eigenvalue weighted by Gasteiger charge is 2.25. The topological polar surface area (TPSA) is 9.23 Å². The summed E-state index contributed by atoms with van der Waals surface area (Å²) in [5.74, 6) is 0. The summed E-state index contributed by atoms with van der Waals surface area (Å²) in [7, 11) is 0.635. The molecule has 74 valence electrons. The molecule has 0 rings (SSSR count). The van der Waals surface area contributed by atoms with Crippen molar-refractivity contribution in [3.63, 3.8) is 0 Å². The Hall–Kier alpha value is 0.177. The largest absolute Gasteiger partial charge is 0.420 e.